The minimum absolute atomic E-state index is 0.666. The topological polar surface area (TPSA) is 45.8 Å². The Morgan fingerprint density at radius 3 is 2.10 bits per heavy atom. The highest BCUT2D eigenvalue weighted by atomic mass is 16.1. The Bertz CT molecular complexity index is 701. The summed E-state index contributed by atoms with van der Waals surface area (Å²) in [5.74, 6) is 0.666. The molecule has 3 aromatic rings. The standard InChI is InChI=1S/C18H14N2O/c21-13-7-12-16-19-17(14-8-3-1-4-9-14)18(20-16)15-10-5-2-6-11-15/h1-13H,(H,19,20). The number of benzene rings is 2. The van der Waals surface area contributed by atoms with Crippen LogP contribution < -0.4 is 0 Å². The van der Waals surface area contributed by atoms with Crippen LogP contribution in [0.4, 0.5) is 0 Å². The van der Waals surface area contributed by atoms with Gasteiger partial charge in [0, 0.05) is 11.1 Å². The Kier molecular flexibility index (Phi) is 3.74. The van der Waals surface area contributed by atoms with Gasteiger partial charge in [-0.2, -0.15) is 0 Å². The van der Waals surface area contributed by atoms with E-state index in [1.165, 1.54) is 6.08 Å². The van der Waals surface area contributed by atoms with Gasteiger partial charge in [0.05, 0.1) is 11.4 Å². The monoisotopic (exact) mass is 274 g/mol. The van der Waals surface area contributed by atoms with Gasteiger partial charge in [-0.05, 0) is 12.2 Å². The maximum atomic E-state index is 10.5. The van der Waals surface area contributed by atoms with E-state index < -0.39 is 0 Å². The Morgan fingerprint density at radius 2 is 1.48 bits per heavy atom. The molecule has 1 heterocycles. The van der Waals surface area contributed by atoms with Gasteiger partial charge in [-0.3, -0.25) is 4.79 Å². The summed E-state index contributed by atoms with van der Waals surface area (Å²) in [6, 6.07) is 20.0. The number of imidazole rings is 1. The molecule has 0 unspecified atom stereocenters. The van der Waals surface area contributed by atoms with Crippen LogP contribution >= 0.6 is 0 Å². The lowest BCUT2D eigenvalue weighted by atomic mass is 10.1. The van der Waals surface area contributed by atoms with Gasteiger partial charge in [0.1, 0.15) is 12.1 Å². The first kappa shape index (κ1) is 13.1. The number of hydrogen-bond donors (Lipinski definition) is 1. The van der Waals surface area contributed by atoms with Crippen molar-refractivity contribution in [3.63, 3.8) is 0 Å². The second-order valence-corrected chi connectivity index (χ2v) is 4.57. The molecule has 3 heteroatoms. The molecule has 0 saturated heterocycles. The van der Waals surface area contributed by atoms with E-state index in [0.29, 0.717) is 5.82 Å². The van der Waals surface area contributed by atoms with Crippen LogP contribution in [0.15, 0.2) is 66.7 Å². The van der Waals surface area contributed by atoms with E-state index in [-0.39, 0.29) is 0 Å². The minimum Gasteiger partial charge on any atom is -0.338 e. The zero-order valence-corrected chi connectivity index (χ0v) is 11.4. The lowest BCUT2D eigenvalue weighted by Crippen LogP contribution is -1.82. The Labute approximate surface area is 123 Å². The molecule has 0 amide bonds. The summed E-state index contributed by atoms with van der Waals surface area (Å²) in [7, 11) is 0. The molecule has 1 N–H and O–H groups in total. The molecule has 102 valence electrons. The number of carbonyl (C=O) groups excluding carboxylic acids is 1. The fourth-order valence-corrected chi connectivity index (χ4v) is 2.22. The number of H-pyrrole nitrogens is 1. The summed E-state index contributed by atoms with van der Waals surface area (Å²) >= 11 is 0. The predicted molar refractivity (Wildman–Crippen MR) is 84.6 cm³/mol. The van der Waals surface area contributed by atoms with Crippen molar-refractivity contribution in [2.45, 2.75) is 0 Å². The molecular weight excluding hydrogens is 260 g/mol. The molecule has 0 saturated carbocycles. The van der Waals surface area contributed by atoms with Crippen molar-refractivity contribution in [2.75, 3.05) is 0 Å². The van der Waals surface area contributed by atoms with Gasteiger partial charge in [0.2, 0.25) is 0 Å². The van der Waals surface area contributed by atoms with Crippen molar-refractivity contribution in [1.82, 2.24) is 9.97 Å². The molecule has 0 aliphatic carbocycles. The smallest absolute Gasteiger partial charge is 0.142 e. The van der Waals surface area contributed by atoms with Gasteiger partial charge >= 0.3 is 0 Å². The number of rotatable bonds is 4. The number of allylic oxidation sites excluding steroid dienone is 1. The summed E-state index contributed by atoms with van der Waals surface area (Å²) in [4.78, 5) is 18.3. The highest BCUT2D eigenvalue weighted by molar-refractivity contribution is 5.80. The van der Waals surface area contributed by atoms with Crippen LogP contribution in [0.25, 0.3) is 28.6 Å². The Balaban J connectivity index is 2.15. The molecule has 0 bridgehead atoms. The minimum atomic E-state index is 0.666. The number of nitrogens with one attached hydrogen (secondary N) is 1. The third-order valence-corrected chi connectivity index (χ3v) is 3.16. The first-order chi connectivity index (χ1) is 10.4. The van der Waals surface area contributed by atoms with Crippen molar-refractivity contribution in [3.05, 3.63) is 72.6 Å². The van der Waals surface area contributed by atoms with E-state index in [2.05, 4.69) is 9.97 Å². The predicted octanol–water partition coefficient (Wildman–Crippen LogP) is 3.96. The highest BCUT2D eigenvalue weighted by Gasteiger charge is 2.12. The average molecular weight is 274 g/mol. The zero-order valence-electron chi connectivity index (χ0n) is 11.4. The van der Waals surface area contributed by atoms with Crippen molar-refractivity contribution in [3.8, 4) is 22.5 Å². The third kappa shape index (κ3) is 2.82. The molecule has 3 nitrogen and oxygen atoms in total. The average Bonchev–Trinajstić information content (AvgIpc) is 2.99. The van der Waals surface area contributed by atoms with Crippen molar-refractivity contribution in [2.24, 2.45) is 0 Å². The van der Waals surface area contributed by atoms with Crippen molar-refractivity contribution < 1.29 is 4.79 Å². The second kappa shape index (κ2) is 6.01. The molecule has 3 rings (SSSR count). The zero-order chi connectivity index (χ0) is 14.5. The molecule has 0 atom stereocenters. The first-order valence-corrected chi connectivity index (χ1v) is 6.71. The second-order valence-electron chi connectivity index (χ2n) is 4.57. The number of carbonyl (C=O) groups is 1. The maximum absolute atomic E-state index is 10.5. The maximum Gasteiger partial charge on any atom is 0.142 e. The number of aromatic amines is 1. The fraction of sp³-hybridized carbons (Fsp3) is 0. The molecule has 0 aliphatic heterocycles. The lowest BCUT2D eigenvalue weighted by molar-refractivity contribution is -0.104. The SMILES string of the molecule is O=CC=Cc1nc(-c2ccccc2)c(-c2ccccc2)[nH]1. The molecular formula is C18H14N2O. The Morgan fingerprint density at radius 1 is 0.857 bits per heavy atom. The molecule has 1 aromatic heterocycles. The summed E-state index contributed by atoms with van der Waals surface area (Å²) in [5.41, 5.74) is 3.94. The molecule has 0 spiro atoms. The van der Waals surface area contributed by atoms with Crippen molar-refractivity contribution in [1.29, 1.82) is 0 Å². The quantitative estimate of drug-likeness (QED) is 0.578. The molecule has 21 heavy (non-hydrogen) atoms. The van der Waals surface area contributed by atoms with E-state index in [9.17, 15) is 4.79 Å². The first-order valence-electron chi connectivity index (χ1n) is 6.71. The van der Waals surface area contributed by atoms with E-state index in [4.69, 9.17) is 0 Å². The number of aldehydes is 1. The van der Waals surface area contributed by atoms with Crippen molar-refractivity contribution >= 4 is 12.4 Å². The number of aromatic nitrogens is 2. The van der Waals surface area contributed by atoms with Gasteiger partial charge in [-0.1, -0.05) is 60.7 Å². The Hall–Kier alpha value is -2.94. The fourth-order valence-electron chi connectivity index (χ4n) is 2.22. The van der Waals surface area contributed by atoms with Crippen LogP contribution in [0.1, 0.15) is 5.82 Å². The largest absolute Gasteiger partial charge is 0.338 e. The molecule has 0 aliphatic rings. The molecule has 0 fully saturated rings. The molecule has 2 aromatic carbocycles. The third-order valence-electron chi connectivity index (χ3n) is 3.16. The van der Waals surface area contributed by atoms with Crippen LogP contribution in [0.3, 0.4) is 0 Å². The lowest BCUT2D eigenvalue weighted by Gasteiger charge is -2.02. The van der Waals surface area contributed by atoms with Gasteiger partial charge in [-0.15, -0.1) is 0 Å². The summed E-state index contributed by atoms with van der Waals surface area (Å²) in [5, 5.41) is 0. The van der Waals surface area contributed by atoms with Crippen LogP contribution in [-0.2, 0) is 4.79 Å². The van der Waals surface area contributed by atoms with Gasteiger partial charge in [0.15, 0.2) is 0 Å². The van der Waals surface area contributed by atoms with Crippen LogP contribution in [0, 0.1) is 0 Å². The summed E-state index contributed by atoms with van der Waals surface area (Å²) in [6.45, 7) is 0. The van der Waals surface area contributed by atoms with E-state index in [0.717, 1.165) is 28.8 Å². The van der Waals surface area contributed by atoms with Gasteiger partial charge < -0.3 is 4.98 Å². The molecule has 0 radical (unpaired) electrons. The summed E-state index contributed by atoms with van der Waals surface area (Å²) < 4.78 is 0. The van der Waals surface area contributed by atoms with Crippen LogP contribution in [-0.4, -0.2) is 16.3 Å². The van der Waals surface area contributed by atoms with Gasteiger partial charge in [-0.25, -0.2) is 4.98 Å². The number of nitrogens with zero attached hydrogens (tertiary/aromatic N) is 1. The number of hydrogen-bond acceptors (Lipinski definition) is 2. The highest BCUT2D eigenvalue weighted by Crippen LogP contribution is 2.30. The normalized spacial score (nSPS) is 10.9. The van der Waals surface area contributed by atoms with Gasteiger partial charge in [0.25, 0.3) is 0 Å². The van der Waals surface area contributed by atoms with Crippen LogP contribution in [0.2, 0.25) is 0 Å². The van der Waals surface area contributed by atoms with E-state index in [1.54, 1.807) is 6.08 Å². The van der Waals surface area contributed by atoms with E-state index >= 15 is 0 Å². The van der Waals surface area contributed by atoms with E-state index in [1.807, 2.05) is 60.7 Å². The van der Waals surface area contributed by atoms with Crippen LogP contribution in [0.5, 0.6) is 0 Å². The summed E-state index contributed by atoms with van der Waals surface area (Å²) in [6.07, 6.45) is 3.85.